The summed E-state index contributed by atoms with van der Waals surface area (Å²) in [5.74, 6) is 1.61. The molecule has 304 valence electrons. The van der Waals surface area contributed by atoms with Gasteiger partial charge in [-0.3, -0.25) is 9.69 Å². The normalized spacial score (nSPS) is 17.1. The summed E-state index contributed by atoms with van der Waals surface area (Å²) in [5, 5.41) is 1.22. The van der Waals surface area contributed by atoms with Crippen molar-refractivity contribution in [3.63, 3.8) is 0 Å². The first-order valence-corrected chi connectivity index (χ1v) is 20.4. The average Bonchev–Trinajstić information content (AvgIpc) is 4.11. The number of nitrogens with one attached hydrogen (secondary N) is 3. The van der Waals surface area contributed by atoms with Gasteiger partial charge in [0.15, 0.2) is 0 Å². The Balaban J connectivity index is 0.913. The number of ether oxygens (including phenoxy) is 1. The number of amides is 4. The predicted octanol–water partition coefficient (Wildman–Crippen LogP) is 8.77. The van der Waals surface area contributed by atoms with Gasteiger partial charge in [0, 0.05) is 13.1 Å². The number of aromatic amines is 2. The van der Waals surface area contributed by atoms with Crippen LogP contribution in [0.2, 0.25) is 0 Å². The molecule has 13 heteroatoms. The first-order valence-electron chi connectivity index (χ1n) is 20.4. The Hall–Kier alpha value is -6.99. The van der Waals surface area contributed by atoms with Crippen LogP contribution in [0.25, 0.3) is 44.3 Å². The van der Waals surface area contributed by atoms with Crippen LogP contribution in [0.1, 0.15) is 61.0 Å². The fraction of sp³-hybridized carbons (Fsp3) is 0.255. The summed E-state index contributed by atoms with van der Waals surface area (Å²) >= 11 is 0. The van der Waals surface area contributed by atoms with Crippen molar-refractivity contribution >= 4 is 45.8 Å². The van der Waals surface area contributed by atoms with E-state index in [1.54, 1.807) is 29.2 Å². The van der Waals surface area contributed by atoms with Gasteiger partial charge in [0.25, 0.3) is 0 Å². The van der Waals surface area contributed by atoms with Crippen LogP contribution in [-0.4, -0.2) is 87.0 Å². The molecule has 2 fully saturated rings. The number of carbonyl (C=O) groups is 3. The molecule has 9 rings (SSSR count). The van der Waals surface area contributed by atoms with E-state index in [0.717, 1.165) is 81.4 Å². The lowest BCUT2D eigenvalue weighted by Gasteiger charge is -2.31. The van der Waals surface area contributed by atoms with E-state index in [0.29, 0.717) is 24.6 Å². The summed E-state index contributed by atoms with van der Waals surface area (Å²) in [5.41, 5.74) is 11.8. The molecule has 13 nitrogen and oxygen atoms in total. The zero-order valence-corrected chi connectivity index (χ0v) is 33.8. The van der Waals surface area contributed by atoms with Gasteiger partial charge < -0.3 is 24.5 Å². The summed E-state index contributed by atoms with van der Waals surface area (Å²) in [6, 6.07) is 38.7. The number of carbonyl (C=O) groups excluding carboxylic acids is 3. The smallest absolute Gasteiger partial charge is 0.426 e. The van der Waals surface area contributed by atoms with Gasteiger partial charge in [0.05, 0.1) is 46.9 Å². The Labute approximate surface area is 348 Å². The molecule has 4 amide bonds. The summed E-state index contributed by atoms with van der Waals surface area (Å²) in [6.07, 6.45) is 2.59. The quantitative estimate of drug-likeness (QED) is 0.131. The predicted molar refractivity (Wildman–Crippen MR) is 232 cm³/mol. The number of anilines is 1. The molecule has 0 saturated carbocycles. The molecule has 2 aromatic heterocycles. The Morgan fingerprint density at radius 3 is 1.72 bits per heavy atom. The fourth-order valence-electron chi connectivity index (χ4n) is 8.70. The standard InChI is InChI=1S/C47H47N9O4/c1-53(2)42(32-12-6-4-7-13-32)45(57)54-26-10-16-40(54)43-48-36-24-22-33(28-38(36)50-43)30-18-20-31(21-19-30)34-23-25-37-39(29-34)51-44(49-37)41-17-11-27-55(41)47(59)56(52-46(58)60-3)35-14-8-5-9-15-35/h4-9,12-15,18-25,28-29,40-42H,10-11,16-17,26-27H2,1-3H3,(H,48,50)(H,49,51)(H,52,58)/t40-,41-,42+/m0/s1. The Bertz CT molecular complexity index is 2660. The molecule has 0 unspecified atom stereocenters. The number of fused-ring (bicyclic) bond motifs is 2. The highest BCUT2D eigenvalue weighted by Crippen LogP contribution is 2.37. The van der Waals surface area contributed by atoms with E-state index in [2.05, 4.69) is 63.9 Å². The molecular weight excluding hydrogens is 755 g/mol. The van der Waals surface area contributed by atoms with Crippen molar-refractivity contribution < 1.29 is 19.1 Å². The van der Waals surface area contributed by atoms with Crippen LogP contribution < -0.4 is 10.4 Å². The largest absolute Gasteiger partial charge is 0.452 e. The molecule has 4 heterocycles. The van der Waals surface area contributed by atoms with E-state index >= 15 is 0 Å². The Morgan fingerprint density at radius 2 is 1.18 bits per heavy atom. The lowest BCUT2D eigenvalue weighted by Crippen LogP contribution is -2.52. The molecule has 0 bridgehead atoms. The van der Waals surface area contributed by atoms with E-state index in [-0.39, 0.29) is 30.1 Å². The van der Waals surface area contributed by atoms with Gasteiger partial charge in [0.1, 0.15) is 17.7 Å². The number of hydrogen-bond acceptors (Lipinski definition) is 7. The van der Waals surface area contributed by atoms with Crippen molar-refractivity contribution in [2.45, 2.75) is 43.8 Å². The van der Waals surface area contributed by atoms with E-state index in [9.17, 15) is 14.4 Å². The third-order valence-electron chi connectivity index (χ3n) is 11.7. The van der Waals surface area contributed by atoms with Gasteiger partial charge in [-0.05, 0) is 104 Å². The number of benzene rings is 5. The maximum absolute atomic E-state index is 14.0. The van der Waals surface area contributed by atoms with Crippen LogP contribution in [0, 0.1) is 0 Å². The third-order valence-corrected chi connectivity index (χ3v) is 11.7. The second kappa shape index (κ2) is 16.3. The van der Waals surface area contributed by atoms with Gasteiger partial charge in [-0.2, -0.15) is 5.01 Å². The number of nitrogens with zero attached hydrogens (tertiary/aromatic N) is 6. The highest BCUT2D eigenvalue weighted by Gasteiger charge is 2.38. The molecule has 0 spiro atoms. The maximum Gasteiger partial charge on any atom is 0.426 e. The summed E-state index contributed by atoms with van der Waals surface area (Å²) in [6.45, 7) is 1.22. The zero-order chi connectivity index (χ0) is 41.3. The van der Waals surface area contributed by atoms with E-state index in [1.165, 1.54) is 12.1 Å². The Morgan fingerprint density at radius 1 is 0.683 bits per heavy atom. The number of H-pyrrole nitrogens is 2. The van der Waals surface area contributed by atoms with Crippen LogP contribution in [0.3, 0.4) is 0 Å². The van der Waals surface area contributed by atoms with Crippen molar-refractivity contribution in [2.75, 3.05) is 39.3 Å². The summed E-state index contributed by atoms with van der Waals surface area (Å²) in [7, 11) is 5.17. The van der Waals surface area contributed by atoms with Gasteiger partial charge in [-0.1, -0.05) is 84.9 Å². The lowest BCUT2D eigenvalue weighted by molar-refractivity contribution is -0.137. The van der Waals surface area contributed by atoms with Crippen molar-refractivity contribution in [2.24, 2.45) is 0 Å². The van der Waals surface area contributed by atoms with Crippen LogP contribution >= 0.6 is 0 Å². The molecule has 0 radical (unpaired) electrons. The maximum atomic E-state index is 14.0. The van der Waals surface area contributed by atoms with E-state index in [1.807, 2.05) is 72.4 Å². The number of urea groups is 1. The second-order valence-corrected chi connectivity index (χ2v) is 15.7. The minimum atomic E-state index is -0.736. The molecule has 2 aliphatic heterocycles. The highest BCUT2D eigenvalue weighted by molar-refractivity contribution is 5.94. The van der Waals surface area contributed by atoms with Crippen LogP contribution in [0.15, 0.2) is 121 Å². The molecule has 3 N–H and O–H groups in total. The number of likely N-dealkylation sites (tertiary alicyclic amines) is 2. The Kier molecular flexibility index (Phi) is 10.5. The van der Waals surface area contributed by atoms with Gasteiger partial charge in [-0.15, -0.1) is 0 Å². The number of para-hydroxylation sites is 1. The summed E-state index contributed by atoms with van der Waals surface area (Å²) < 4.78 is 4.81. The number of hydrazine groups is 1. The average molecular weight is 802 g/mol. The molecule has 3 atom stereocenters. The number of imidazole rings is 2. The van der Waals surface area contributed by atoms with E-state index < -0.39 is 6.09 Å². The second-order valence-electron chi connectivity index (χ2n) is 15.7. The van der Waals surface area contributed by atoms with Gasteiger partial charge in [0.2, 0.25) is 5.91 Å². The number of methoxy groups -OCH3 is 1. The van der Waals surface area contributed by atoms with Crippen LogP contribution in [0.5, 0.6) is 0 Å². The van der Waals surface area contributed by atoms with Crippen molar-refractivity contribution in [1.29, 1.82) is 0 Å². The summed E-state index contributed by atoms with van der Waals surface area (Å²) in [4.78, 5) is 62.8. The lowest BCUT2D eigenvalue weighted by atomic mass is 10.00. The molecule has 60 heavy (non-hydrogen) atoms. The molecule has 2 saturated heterocycles. The van der Waals surface area contributed by atoms with Gasteiger partial charge >= 0.3 is 12.1 Å². The highest BCUT2D eigenvalue weighted by atomic mass is 16.5. The SMILES string of the molecule is COC(=O)NN(C(=O)N1CCC[C@H]1c1nc2ccc(-c3ccc(-c4ccc5nc([C@@H]6CCCN6C(=O)[C@@H](c6ccccc6)N(C)C)[nH]c5c4)cc3)cc2[nH]1)c1ccccc1. The monoisotopic (exact) mass is 801 g/mol. The fourth-order valence-corrected chi connectivity index (χ4v) is 8.70. The first kappa shape index (κ1) is 38.5. The first-order chi connectivity index (χ1) is 29.2. The number of likely N-dealkylation sites (N-methyl/N-ethyl adjacent to an activating group) is 1. The van der Waals surface area contributed by atoms with Crippen molar-refractivity contribution in [3.05, 3.63) is 139 Å². The number of rotatable bonds is 8. The van der Waals surface area contributed by atoms with Gasteiger partial charge in [-0.25, -0.2) is 25.0 Å². The van der Waals surface area contributed by atoms with E-state index in [4.69, 9.17) is 14.7 Å². The molecule has 5 aromatic carbocycles. The van der Waals surface area contributed by atoms with Crippen LogP contribution in [0.4, 0.5) is 15.3 Å². The number of aromatic nitrogens is 4. The molecular formula is C47H47N9O4. The van der Waals surface area contributed by atoms with Crippen molar-refractivity contribution in [1.82, 2.24) is 40.1 Å². The minimum Gasteiger partial charge on any atom is -0.452 e. The molecule has 0 aliphatic carbocycles. The van der Waals surface area contributed by atoms with Crippen molar-refractivity contribution in [3.8, 4) is 22.3 Å². The van der Waals surface area contributed by atoms with Crippen LogP contribution in [-0.2, 0) is 9.53 Å². The third kappa shape index (κ3) is 7.43. The number of hydrogen-bond donors (Lipinski definition) is 3. The minimum absolute atomic E-state index is 0.0939. The topological polar surface area (TPSA) is 143 Å². The zero-order valence-electron chi connectivity index (χ0n) is 33.8. The molecule has 2 aliphatic rings. The molecule has 7 aromatic rings.